The van der Waals surface area contributed by atoms with Crippen molar-refractivity contribution < 1.29 is 14.2 Å². The molecule has 0 fully saturated rings. The van der Waals surface area contributed by atoms with Crippen LogP contribution >= 0.6 is 31.9 Å². The van der Waals surface area contributed by atoms with Crippen LogP contribution < -0.4 is 4.74 Å². The number of aryl methyl sites for hydroxylation is 1. The molecule has 2 aromatic rings. The number of halogens is 3. The molecule has 2 nitrogen and oxygen atoms in total. The number of benzene rings is 2. The second kappa shape index (κ2) is 6.24. The van der Waals surface area contributed by atoms with Gasteiger partial charge in [-0.2, -0.15) is 0 Å². The molecule has 0 radical (unpaired) electrons. The van der Waals surface area contributed by atoms with Crippen LogP contribution in [0.15, 0.2) is 39.3 Å². The molecule has 20 heavy (non-hydrogen) atoms. The number of hydrogen-bond acceptors (Lipinski definition) is 2. The molecule has 0 saturated heterocycles. The third kappa shape index (κ3) is 3.40. The quantitative estimate of drug-likeness (QED) is 0.732. The molecule has 2 aromatic carbocycles. The number of hydrogen-bond donors (Lipinski definition) is 1. The molecule has 0 aliphatic rings. The Hall–Kier alpha value is -0.910. The minimum atomic E-state index is -0.811. The molecule has 5 heteroatoms. The lowest BCUT2D eigenvalue weighted by atomic mass is 10.1. The van der Waals surface area contributed by atoms with Gasteiger partial charge in [0.2, 0.25) is 0 Å². The summed E-state index contributed by atoms with van der Waals surface area (Å²) in [5.41, 5.74) is 0.889. The summed E-state index contributed by atoms with van der Waals surface area (Å²) in [6, 6.07) is 8.39. The molecule has 0 amide bonds. The first-order valence-corrected chi connectivity index (χ1v) is 7.58. The van der Waals surface area contributed by atoms with Crippen molar-refractivity contribution in [2.45, 2.75) is 20.0 Å². The van der Waals surface area contributed by atoms with Gasteiger partial charge in [0.1, 0.15) is 17.3 Å². The van der Waals surface area contributed by atoms with Crippen LogP contribution in [0.5, 0.6) is 11.5 Å². The summed E-state index contributed by atoms with van der Waals surface area (Å²) in [7, 11) is 0. The SMILES string of the molecule is Cc1cc(Oc2ccc(Br)cc2Br)c(C(C)O)cc1F. The molecule has 0 aliphatic heterocycles. The van der Waals surface area contributed by atoms with Crippen molar-refractivity contribution >= 4 is 31.9 Å². The van der Waals surface area contributed by atoms with Gasteiger partial charge in [0, 0.05) is 10.0 Å². The lowest BCUT2D eigenvalue weighted by Crippen LogP contribution is -1.99. The summed E-state index contributed by atoms with van der Waals surface area (Å²) >= 11 is 6.77. The van der Waals surface area contributed by atoms with Crippen LogP contribution in [0, 0.1) is 12.7 Å². The first-order valence-electron chi connectivity index (χ1n) is 5.99. The summed E-state index contributed by atoms with van der Waals surface area (Å²) in [6.07, 6.45) is -0.811. The average Bonchev–Trinajstić information content (AvgIpc) is 2.36. The van der Waals surface area contributed by atoms with Crippen LogP contribution in [-0.2, 0) is 0 Å². The molecule has 1 atom stereocenters. The maximum Gasteiger partial charge on any atom is 0.141 e. The Morgan fingerprint density at radius 1 is 1.15 bits per heavy atom. The van der Waals surface area contributed by atoms with Gasteiger partial charge in [0.25, 0.3) is 0 Å². The van der Waals surface area contributed by atoms with Gasteiger partial charge in [0.05, 0.1) is 10.6 Å². The second-order valence-corrected chi connectivity index (χ2v) is 6.26. The van der Waals surface area contributed by atoms with E-state index in [2.05, 4.69) is 31.9 Å². The normalized spacial score (nSPS) is 12.3. The Labute approximate surface area is 133 Å². The predicted octanol–water partition coefficient (Wildman–Crippen LogP) is 5.50. The van der Waals surface area contributed by atoms with Crippen LogP contribution in [0.2, 0.25) is 0 Å². The number of aliphatic hydroxyl groups excluding tert-OH is 1. The Morgan fingerprint density at radius 2 is 1.85 bits per heavy atom. The molecule has 2 rings (SSSR count). The monoisotopic (exact) mass is 402 g/mol. The zero-order chi connectivity index (χ0) is 14.9. The van der Waals surface area contributed by atoms with Crippen molar-refractivity contribution in [1.29, 1.82) is 0 Å². The van der Waals surface area contributed by atoms with E-state index in [1.165, 1.54) is 6.07 Å². The maximum absolute atomic E-state index is 13.6. The smallest absolute Gasteiger partial charge is 0.141 e. The number of ether oxygens (including phenoxy) is 1. The van der Waals surface area contributed by atoms with Crippen molar-refractivity contribution in [2.75, 3.05) is 0 Å². The minimum absolute atomic E-state index is 0.358. The highest BCUT2D eigenvalue weighted by molar-refractivity contribution is 9.11. The largest absolute Gasteiger partial charge is 0.456 e. The molecule has 0 heterocycles. The van der Waals surface area contributed by atoms with Gasteiger partial charge in [-0.3, -0.25) is 0 Å². The van der Waals surface area contributed by atoms with Gasteiger partial charge in [-0.15, -0.1) is 0 Å². The number of rotatable bonds is 3. The highest BCUT2D eigenvalue weighted by Gasteiger charge is 2.14. The van der Waals surface area contributed by atoms with E-state index in [0.717, 1.165) is 8.95 Å². The van der Waals surface area contributed by atoms with E-state index in [1.54, 1.807) is 26.0 Å². The fourth-order valence-electron chi connectivity index (χ4n) is 1.76. The van der Waals surface area contributed by atoms with Gasteiger partial charge < -0.3 is 9.84 Å². The average molecular weight is 404 g/mol. The fraction of sp³-hybridized carbons (Fsp3) is 0.200. The van der Waals surface area contributed by atoms with Crippen molar-refractivity contribution in [3.63, 3.8) is 0 Å². The van der Waals surface area contributed by atoms with Gasteiger partial charge >= 0.3 is 0 Å². The molecule has 0 bridgehead atoms. The van der Waals surface area contributed by atoms with Crippen LogP contribution in [0.4, 0.5) is 4.39 Å². The standard InChI is InChI=1S/C15H13Br2FO2/c1-8-5-15(11(9(2)19)7-13(8)18)20-14-4-3-10(16)6-12(14)17/h3-7,9,19H,1-2H3. The molecule has 0 spiro atoms. The summed E-state index contributed by atoms with van der Waals surface area (Å²) in [4.78, 5) is 0. The lowest BCUT2D eigenvalue weighted by molar-refractivity contribution is 0.195. The van der Waals surface area contributed by atoms with Crippen molar-refractivity contribution in [3.8, 4) is 11.5 Å². The Balaban J connectivity index is 2.44. The van der Waals surface area contributed by atoms with Crippen LogP contribution in [-0.4, -0.2) is 5.11 Å². The third-order valence-electron chi connectivity index (χ3n) is 2.85. The van der Waals surface area contributed by atoms with Gasteiger partial charge in [-0.25, -0.2) is 4.39 Å². The minimum Gasteiger partial charge on any atom is -0.456 e. The third-order valence-corrected chi connectivity index (χ3v) is 3.97. The second-order valence-electron chi connectivity index (χ2n) is 4.49. The molecule has 1 N–H and O–H groups in total. The zero-order valence-corrected chi connectivity index (χ0v) is 14.1. The van der Waals surface area contributed by atoms with Crippen molar-refractivity contribution in [2.24, 2.45) is 0 Å². The van der Waals surface area contributed by atoms with E-state index in [4.69, 9.17) is 4.74 Å². The molecule has 0 aliphatic carbocycles. The van der Waals surface area contributed by atoms with Crippen molar-refractivity contribution in [3.05, 3.63) is 56.2 Å². The predicted molar refractivity (Wildman–Crippen MR) is 83.7 cm³/mol. The van der Waals surface area contributed by atoms with Crippen LogP contribution in [0.1, 0.15) is 24.2 Å². The van der Waals surface area contributed by atoms with Crippen LogP contribution in [0.3, 0.4) is 0 Å². The summed E-state index contributed by atoms with van der Waals surface area (Å²) in [5, 5.41) is 9.75. The van der Waals surface area contributed by atoms with Crippen LogP contribution in [0.25, 0.3) is 0 Å². The zero-order valence-electron chi connectivity index (χ0n) is 11.0. The Morgan fingerprint density at radius 3 is 2.45 bits per heavy atom. The first kappa shape index (κ1) is 15.5. The molecule has 106 valence electrons. The number of aliphatic hydroxyl groups is 1. The molecular formula is C15H13Br2FO2. The van der Waals surface area contributed by atoms with Gasteiger partial charge in [-0.1, -0.05) is 15.9 Å². The van der Waals surface area contributed by atoms with E-state index in [-0.39, 0.29) is 5.82 Å². The molecule has 0 aromatic heterocycles. The van der Waals surface area contributed by atoms with Gasteiger partial charge in [-0.05, 0) is 65.7 Å². The van der Waals surface area contributed by atoms with E-state index in [9.17, 15) is 9.50 Å². The lowest BCUT2D eigenvalue weighted by Gasteiger charge is -2.15. The molecular weight excluding hydrogens is 391 g/mol. The summed E-state index contributed by atoms with van der Waals surface area (Å²) < 4.78 is 21.1. The fourth-order valence-corrected chi connectivity index (χ4v) is 2.89. The van der Waals surface area contributed by atoms with E-state index < -0.39 is 6.10 Å². The molecule has 1 unspecified atom stereocenters. The molecule has 0 saturated carbocycles. The topological polar surface area (TPSA) is 29.5 Å². The summed E-state index contributed by atoms with van der Waals surface area (Å²) in [6.45, 7) is 3.23. The Kier molecular flexibility index (Phi) is 4.83. The highest BCUT2D eigenvalue weighted by atomic mass is 79.9. The van der Waals surface area contributed by atoms with E-state index >= 15 is 0 Å². The summed E-state index contributed by atoms with van der Waals surface area (Å²) in [5.74, 6) is 0.686. The maximum atomic E-state index is 13.6. The van der Waals surface area contributed by atoms with E-state index in [0.29, 0.717) is 22.6 Å². The first-order chi connectivity index (χ1) is 9.38. The van der Waals surface area contributed by atoms with E-state index in [1.807, 2.05) is 12.1 Å². The highest BCUT2D eigenvalue weighted by Crippen LogP contribution is 2.36. The van der Waals surface area contributed by atoms with Crippen molar-refractivity contribution in [1.82, 2.24) is 0 Å². The Bertz CT molecular complexity index is 642. The van der Waals surface area contributed by atoms with Gasteiger partial charge in [0.15, 0.2) is 0 Å².